The van der Waals surface area contributed by atoms with Crippen molar-refractivity contribution in [1.29, 1.82) is 0 Å². The first kappa shape index (κ1) is 26.7. The van der Waals surface area contributed by atoms with Crippen molar-refractivity contribution in [3.63, 3.8) is 0 Å². The van der Waals surface area contributed by atoms with Gasteiger partial charge >= 0.3 is 189 Å². The number of benzene rings is 1. The molecular weight excluding hydrogens is 528 g/mol. The van der Waals surface area contributed by atoms with Gasteiger partial charge in [-0.05, 0) is 0 Å². The Labute approximate surface area is 189 Å². The average Bonchev–Trinajstić information content (AvgIpc) is 2.70. The molecule has 0 aliphatic heterocycles. The van der Waals surface area contributed by atoms with Gasteiger partial charge in [0.25, 0.3) is 0 Å². The molecule has 0 radical (unpaired) electrons. The second-order valence-corrected chi connectivity index (χ2v) is 10.7. The topological polar surface area (TPSA) is 101 Å². The van der Waals surface area contributed by atoms with Crippen molar-refractivity contribution in [2.24, 2.45) is 0 Å². The summed E-state index contributed by atoms with van der Waals surface area (Å²) in [6, 6.07) is 1.56. The maximum absolute atomic E-state index is 14.5. The van der Waals surface area contributed by atoms with E-state index in [1.54, 1.807) is 20.8 Å². The zero-order valence-electron chi connectivity index (χ0n) is 18.9. The van der Waals surface area contributed by atoms with Crippen LogP contribution in [0.25, 0.3) is 0 Å². The minimum absolute atomic E-state index is 0.234. The predicted molar refractivity (Wildman–Crippen MR) is 119 cm³/mol. The van der Waals surface area contributed by atoms with Crippen LogP contribution < -0.4 is 9.47 Å². The van der Waals surface area contributed by atoms with Gasteiger partial charge in [-0.1, -0.05) is 0 Å². The van der Waals surface area contributed by atoms with Gasteiger partial charge < -0.3 is 0 Å². The first-order valence-electron chi connectivity index (χ1n) is 9.09. The van der Waals surface area contributed by atoms with Gasteiger partial charge in [0.2, 0.25) is 0 Å². The number of ether oxygens (including phenoxy) is 5. The fraction of sp³-hybridized carbons (Fsp3) is 0.550. The summed E-state index contributed by atoms with van der Waals surface area (Å²) in [6.07, 6.45) is -2.44. The van der Waals surface area contributed by atoms with Crippen LogP contribution in [0.1, 0.15) is 26.3 Å². The van der Waals surface area contributed by atoms with Crippen LogP contribution in [0, 0.1) is 3.57 Å². The van der Waals surface area contributed by atoms with E-state index >= 15 is 0 Å². The molecule has 0 aliphatic rings. The standard InChI is InChI=1S/C20H29FINO8/c1-20(2,3)31-19(26)23(18(25)30-8)14(17(24)29-7)9-12-10-15(27-5)16(28-6)11-13(12)22(4)21/h10-11,14H,9H2,1-8H3. The molecule has 11 heteroatoms. The van der Waals surface area contributed by atoms with Crippen molar-refractivity contribution in [3.05, 3.63) is 21.3 Å². The Bertz CT molecular complexity index is 809. The third-order valence-corrected chi connectivity index (χ3v) is 6.60. The molecule has 1 unspecified atom stereocenters. The van der Waals surface area contributed by atoms with E-state index in [-0.39, 0.29) is 6.42 Å². The molecule has 0 aliphatic carbocycles. The molecule has 1 aromatic carbocycles. The van der Waals surface area contributed by atoms with Crippen LogP contribution in [0.4, 0.5) is 12.4 Å². The Morgan fingerprint density at radius 3 is 1.97 bits per heavy atom. The summed E-state index contributed by atoms with van der Waals surface area (Å²) in [5.74, 6) is -0.258. The summed E-state index contributed by atoms with van der Waals surface area (Å²) in [5, 5.41) is 0. The number of rotatable bonds is 7. The number of imide groups is 1. The summed E-state index contributed by atoms with van der Waals surface area (Å²) in [4.78, 5) is 39.7. The molecule has 9 nitrogen and oxygen atoms in total. The number of carbonyl (C=O) groups excluding carboxylic acids is 3. The average molecular weight is 557 g/mol. The number of alkyl halides is 1. The van der Waals surface area contributed by atoms with E-state index in [1.165, 1.54) is 31.3 Å². The molecule has 1 rings (SSSR count). The zero-order chi connectivity index (χ0) is 23.9. The van der Waals surface area contributed by atoms with Crippen LogP contribution in [0.3, 0.4) is 0 Å². The monoisotopic (exact) mass is 557 g/mol. The molecule has 0 heterocycles. The van der Waals surface area contributed by atoms with E-state index in [4.69, 9.17) is 18.9 Å². The number of hydrogen-bond donors (Lipinski definition) is 0. The number of halogens is 2. The van der Waals surface area contributed by atoms with Crippen LogP contribution in [0.15, 0.2) is 12.1 Å². The second-order valence-electron chi connectivity index (χ2n) is 7.27. The SMILES string of the molecule is COC(=O)C(Cc1cc(OC)c(OC)cc1I(C)F)N(C(=O)OC)C(=O)OC(C)(C)C. The van der Waals surface area contributed by atoms with Gasteiger partial charge in [-0.25, -0.2) is 0 Å². The van der Waals surface area contributed by atoms with Crippen molar-refractivity contribution >= 4 is 38.5 Å². The molecule has 0 saturated heterocycles. The summed E-state index contributed by atoms with van der Waals surface area (Å²) >= 11 is -3.09. The molecule has 0 fully saturated rings. The van der Waals surface area contributed by atoms with Gasteiger partial charge in [0.1, 0.15) is 0 Å². The number of esters is 1. The van der Waals surface area contributed by atoms with Crippen LogP contribution in [-0.2, 0) is 25.4 Å². The molecule has 31 heavy (non-hydrogen) atoms. The second kappa shape index (κ2) is 11.3. The Morgan fingerprint density at radius 2 is 1.55 bits per heavy atom. The molecule has 1 aromatic rings. The Morgan fingerprint density at radius 1 is 1.00 bits per heavy atom. The molecule has 0 bridgehead atoms. The molecule has 0 aromatic heterocycles. The molecule has 176 valence electrons. The summed E-state index contributed by atoms with van der Waals surface area (Å²) < 4.78 is 40.2. The van der Waals surface area contributed by atoms with Crippen LogP contribution in [-0.4, -0.2) is 68.1 Å². The predicted octanol–water partition coefficient (Wildman–Crippen LogP) is 3.98. The van der Waals surface area contributed by atoms with E-state index in [2.05, 4.69) is 4.74 Å². The van der Waals surface area contributed by atoms with Crippen LogP contribution in [0.2, 0.25) is 0 Å². The van der Waals surface area contributed by atoms with Gasteiger partial charge in [0.15, 0.2) is 0 Å². The first-order chi connectivity index (χ1) is 14.4. The number of carbonyl (C=O) groups is 3. The van der Waals surface area contributed by atoms with Crippen molar-refractivity contribution in [2.45, 2.75) is 38.8 Å². The Balaban J connectivity index is 3.56. The van der Waals surface area contributed by atoms with Gasteiger partial charge in [-0.3, -0.25) is 0 Å². The normalized spacial score (nSPS) is 12.4. The van der Waals surface area contributed by atoms with Crippen molar-refractivity contribution in [2.75, 3.05) is 33.4 Å². The maximum atomic E-state index is 14.5. The number of hydrogen-bond acceptors (Lipinski definition) is 8. The first-order valence-corrected chi connectivity index (χ1v) is 13.1. The quantitative estimate of drug-likeness (QED) is 0.215. The summed E-state index contributed by atoms with van der Waals surface area (Å²) in [7, 11) is 5.02. The summed E-state index contributed by atoms with van der Waals surface area (Å²) in [5.41, 5.74) is -0.569. The fourth-order valence-corrected chi connectivity index (χ4v) is 4.70. The molecule has 0 N–H and O–H groups in total. The van der Waals surface area contributed by atoms with Crippen LogP contribution >= 0.6 is 20.4 Å². The third-order valence-electron chi connectivity index (χ3n) is 3.99. The van der Waals surface area contributed by atoms with E-state index < -0.39 is 50.2 Å². The van der Waals surface area contributed by atoms with Crippen molar-refractivity contribution < 1.29 is 40.9 Å². The zero-order valence-corrected chi connectivity index (χ0v) is 21.1. The van der Waals surface area contributed by atoms with Gasteiger partial charge in [0.05, 0.1) is 0 Å². The number of amides is 2. The third kappa shape index (κ3) is 7.11. The number of nitrogens with zero attached hydrogens (tertiary/aromatic N) is 1. The molecule has 0 spiro atoms. The van der Waals surface area contributed by atoms with E-state index in [1.807, 2.05) is 0 Å². The molecular formula is C20H29FINO8. The van der Waals surface area contributed by atoms with Crippen molar-refractivity contribution in [1.82, 2.24) is 4.90 Å². The Hall–Kier alpha value is -2.31. The summed E-state index contributed by atoms with van der Waals surface area (Å²) in [6.45, 7) is 4.82. The van der Waals surface area contributed by atoms with Crippen molar-refractivity contribution in [3.8, 4) is 11.5 Å². The van der Waals surface area contributed by atoms with E-state index in [0.717, 1.165) is 14.2 Å². The van der Waals surface area contributed by atoms with E-state index in [9.17, 15) is 17.2 Å². The van der Waals surface area contributed by atoms with Gasteiger partial charge in [-0.2, -0.15) is 0 Å². The van der Waals surface area contributed by atoms with Crippen LogP contribution in [0.5, 0.6) is 11.5 Å². The van der Waals surface area contributed by atoms with E-state index in [0.29, 0.717) is 25.5 Å². The van der Waals surface area contributed by atoms with Gasteiger partial charge in [-0.15, -0.1) is 0 Å². The van der Waals surface area contributed by atoms with Gasteiger partial charge in [0, 0.05) is 0 Å². The Kier molecular flexibility index (Phi) is 9.78. The number of methoxy groups -OCH3 is 4. The molecule has 1 atom stereocenters. The fourth-order valence-electron chi connectivity index (χ4n) is 2.66. The molecule has 2 amide bonds. The minimum atomic E-state index is -3.09. The molecule has 0 saturated carbocycles.